The zero-order valence-corrected chi connectivity index (χ0v) is 11.3. The third kappa shape index (κ3) is 4.75. The first-order valence-electron chi connectivity index (χ1n) is 5.82. The molecular formula is C13H19ClN2O. The standard InChI is InChI=1S/C13H19ClN2O/c1-4-10(3)15-8-13(17)16-12-7-11(14)6-5-9(12)2/h5-7,10,15H,4,8H2,1-3H3,(H,16,17). The minimum atomic E-state index is -0.0457. The van der Waals surface area contributed by atoms with Crippen molar-refractivity contribution < 1.29 is 4.79 Å². The van der Waals surface area contributed by atoms with E-state index in [1.54, 1.807) is 6.07 Å². The maximum Gasteiger partial charge on any atom is 0.238 e. The van der Waals surface area contributed by atoms with E-state index in [9.17, 15) is 4.79 Å². The molecule has 0 heterocycles. The number of carbonyl (C=O) groups excluding carboxylic acids is 1. The minimum absolute atomic E-state index is 0.0457. The summed E-state index contributed by atoms with van der Waals surface area (Å²) in [5, 5.41) is 6.61. The summed E-state index contributed by atoms with van der Waals surface area (Å²) in [4.78, 5) is 11.7. The number of amides is 1. The lowest BCUT2D eigenvalue weighted by atomic mass is 10.2. The highest BCUT2D eigenvalue weighted by molar-refractivity contribution is 6.31. The molecule has 3 nitrogen and oxygen atoms in total. The highest BCUT2D eigenvalue weighted by Gasteiger charge is 2.06. The quantitative estimate of drug-likeness (QED) is 0.848. The molecule has 1 rings (SSSR count). The molecule has 4 heteroatoms. The molecule has 0 radical (unpaired) electrons. The van der Waals surface area contributed by atoms with Crippen molar-refractivity contribution in [3.05, 3.63) is 28.8 Å². The van der Waals surface area contributed by atoms with Gasteiger partial charge in [-0.2, -0.15) is 0 Å². The number of halogens is 1. The van der Waals surface area contributed by atoms with E-state index in [2.05, 4.69) is 24.5 Å². The smallest absolute Gasteiger partial charge is 0.238 e. The Balaban J connectivity index is 2.53. The van der Waals surface area contributed by atoms with E-state index < -0.39 is 0 Å². The maximum atomic E-state index is 11.7. The first kappa shape index (κ1) is 14.0. The number of hydrogen-bond donors (Lipinski definition) is 2. The van der Waals surface area contributed by atoms with Gasteiger partial charge in [0.25, 0.3) is 0 Å². The Bertz CT molecular complexity index is 393. The van der Waals surface area contributed by atoms with E-state index >= 15 is 0 Å². The molecule has 0 aliphatic rings. The summed E-state index contributed by atoms with van der Waals surface area (Å²) in [5.74, 6) is -0.0457. The van der Waals surface area contributed by atoms with Crippen LogP contribution in [0.4, 0.5) is 5.69 Å². The lowest BCUT2D eigenvalue weighted by molar-refractivity contribution is -0.115. The van der Waals surface area contributed by atoms with Gasteiger partial charge in [0.05, 0.1) is 6.54 Å². The number of nitrogens with one attached hydrogen (secondary N) is 2. The van der Waals surface area contributed by atoms with Gasteiger partial charge in [-0.25, -0.2) is 0 Å². The molecule has 1 amide bonds. The van der Waals surface area contributed by atoms with Crippen molar-refractivity contribution in [2.75, 3.05) is 11.9 Å². The van der Waals surface area contributed by atoms with Gasteiger partial charge in [-0.1, -0.05) is 24.6 Å². The van der Waals surface area contributed by atoms with Gasteiger partial charge in [-0.05, 0) is 38.0 Å². The van der Waals surface area contributed by atoms with Crippen molar-refractivity contribution in [2.45, 2.75) is 33.2 Å². The number of benzene rings is 1. The van der Waals surface area contributed by atoms with Gasteiger partial charge in [0, 0.05) is 16.8 Å². The Morgan fingerprint density at radius 3 is 2.82 bits per heavy atom. The van der Waals surface area contributed by atoms with Crippen LogP contribution >= 0.6 is 11.6 Å². The number of hydrogen-bond acceptors (Lipinski definition) is 2. The monoisotopic (exact) mass is 254 g/mol. The fourth-order valence-corrected chi connectivity index (χ4v) is 1.51. The summed E-state index contributed by atoms with van der Waals surface area (Å²) in [6, 6.07) is 5.81. The second-order valence-electron chi connectivity index (χ2n) is 4.20. The average molecular weight is 255 g/mol. The van der Waals surface area contributed by atoms with Crippen molar-refractivity contribution in [1.82, 2.24) is 5.32 Å². The minimum Gasteiger partial charge on any atom is -0.325 e. The molecule has 0 bridgehead atoms. The van der Waals surface area contributed by atoms with E-state index in [1.165, 1.54) is 0 Å². The molecular weight excluding hydrogens is 236 g/mol. The molecule has 1 aromatic rings. The summed E-state index contributed by atoms with van der Waals surface area (Å²) in [7, 11) is 0. The zero-order valence-electron chi connectivity index (χ0n) is 10.5. The molecule has 0 spiro atoms. The first-order valence-corrected chi connectivity index (χ1v) is 6.20. The predicted molar refractivity (Wildman–Crippen MR) is 72.6 cm³/mol. The van der Waals surface area contributed by atoms with Crippen molar-refractivity contribution in [3.63, 3.8) is 0 Å². The normalized spacial score (nSPS) is 12.2. The summed E-state index contributed by atoms with van der Waals surface area (Å²) >= 11 is 5.88. The van der Waals surface area contributed by atoms with Gasteiger partial charge < -0.3 is 10.6 Å². The van der Waals surface area contributed by atoms with Crippen LogP contribution < -0.4 is 10.6 Å². The number of rotatable bonds is 5. The maximum absolute atomic E-state index is 11.7. The van der Waals surface area contributed by atoms with Gasteiger partial charge in [0.15, 0.2) is 0 Å². The molecule has 17 heavy (non-hydrogen) atoms. The van der Waals surface area contributed by atoms with Crippen LogP contribution in [0.5, 0.6) is 0 Å². The van der Waals surface area contributed by atoms with Crippen LogP contribution in [0, 0.1) is 6.92 Å². The van der Waals surface area contributed by atoms with Gasteiger partial charge in [0.1, 0.15) is 0 Å². The number of carbonyl (C=O) groups is 1. The number of aryl methyl sites for hydroxylation is 1. The largest absolute Gasteiger partial charge is 0.325 e. The van der Waals surface area contributed by atoms with E-state index in [-0.39, 0.29) is 5.91 Å². The summed E-state index contributed by atoms with van der Waals surface area (Å²) in [5.41, 5.74) is 1.78. The van der Waals surface area contributed by atoms with Crippen LogP contribution in [0.3, 0.4) is 0 Å². The SMILES string of the molecule is CCC(C)NCC(=O)Nc1cc(Cl)ccc1C. The lowest BCUT2D eigenvalue weighted by Gasteiger charge is -2.12. The van der Waals surface area contributed by atoms with Gasteiger partial charge in [-0.15, -0.1) is 0 Å². The predicted octanol–water partition coefficient (Wildman–Crippen LogP) is 2.98. The second kappa shape index (κ2) is 6.62. The van der Waals surface area contributed by atoms with Crippen LogP contribution in [0.1, 0.15) is 25.8 Å². The molecule has 0 aromatic heterocycles. The molecule has 0 aliphatic heterocycles. The molecule has 1 atom stereocenters. The van der Waals surface area contributed by atoms with E-state index in [1.807, 2.05) is 19.1 Å². The van der Waals surface area contributed by atoms with Crippen LogP contribution in [-0.2, 0) is 4.79 Å². The Kier molecular flexibility index (Phi) is 5.45. The third-order valence-corrected chi connectivity index (χ3v) is 2.93. The molecule has 1 unspecified atom stereocenters. The molecule has 1 aromatic carbocycles. The topological polar surface area (TPSA) is 41.1 Å². The van der Waals surface area contributed by atoms with Crippen LogP contribution in [0.2, 0.25) is 5.02 Å². The number of anilines is 1. The van der Waals surface area contributed by atoms with Crippen LogP contribution in [-0.4, -0.2) is 18.5 Å². The van der Waals surface area contributed by atoms with Gasteiger partial charge in [-0.3, -0.25) is 4.79 Å². The summed E-state index contributed by atoms with van der Waals surface area (Å²) < 4.78 is 0. The van der Waals surface area contributed by atoms with Crippen molar-refractivity contribution in [2.24, 2.45) is 0 Å². The van der Waals surface area contributed by atoms with Crippen LogP contribution in [0.15, 0.2) is 18.2 Å². The third-order valence-electron chi connectivity index (χ3n) is 2.70. The van der Waals surface area contributed by atoms with Gasteiger partial charge in [0.2, 0.25) is 5.91 Å². The van der Waals surface area contributed by atoms with Crippen molar-refractivity contribution in [1.29, 1.82) is 0 Å². The van der Waals surface area contributed by atoms with Crippen LogP contribution in [0.25, 0.3) is 0 Å². The Morgan fingerprint density at radius 2 is 2.18 bits per heavy atom. The Labute approximate surface area is 108 Å². The summed E-state index contributed by atoms with van der Waals surface area (Å²) in [6.07, 6.45) is 1.00. The zero-order chi connectivity index (χ0) is 12.8. The second-order valence-corrected chi connectivity index (χ2v) is 4.63. The highest BCUT2D eigenvalue weighted by atomic mass is 35.5. The molecule has 0 fully saturated rings. The lowest BCUT2D eigenvalue weighted by Crippen LogP contribution is -2.34. The molecule has 0 saturated heterocycles. The van der Waals surface area contributed by atoms with E-state index in [0.29, 0.717) is 17.6 Å². The molecule has 2 N–H and O–H groups in total. The van der Waals surface area contributed by atoms with E-state index in [4.69, 9.17) is 11.6 Å². The molecule has 0 aliphatic carbocycles. The van der Waals surface area contributed by atoms with Gasteiger partial charge >= 0.3 is 0 Å². The van der Waals surface area contributed by atoms with E-state index in [0.717, 1.165) is 17.7 Å². The van der Waals surface area contributed by atoms with Crippen molar-refractivity contribution >= 4 is 23.2 Å². The molecule has 0 saturated carbocycles. The molecule has 94 valence electrons. The average Bonchev–Trinajstić information content (AvgIpc) is 2.30. The Morgan fingerprint density at radius 1 is 1.47 bits per heavy atom. The highest BCUT2D eigenvalue weighted by Crippen LogP contribution is 2.19. The Hall–Kier alpha value is -1.06. The fourth-order valence-electron chi connectivity index (χ4n) is 1.33. The fraction of sp³-hybridized carbons (Fsp3) is 0.462. The summed E-state index contributed by atoms with van der Waals surface area (Å²) in [6.45, 7) is 6.39. The first-order chi connectivity index (χ1) is 8.02. The van der Waals surface area contributed by atoms with Crippen molar-refractivity contribution in [3.8, 4) is 0 Å².